The first kappa shape index (κ1) is 17.2. The van der Waals surface area contributed by atoms with Crippen LogP contribution in [0.2, 0.25) is 5.02 Å². The van der Waals surface area contributed by atoms with Crippen LogP contribution in [0.5, 0.6) is 0 Å². The molecule has 2 N–H and O–H groups in total. The van der Waals surface area contributed by atoms with E-state index in [-0.39, 0.29) is 0 Å². The van der Waals surface area contributed by atoms with Crippen molar-refractivity contribution < 1.29 is 17.4 Å². The summed E-state index contributed by atoms with van der Waals surface area (Å²) in [4.78, 5) is 12.1. The lowest BCUT2D eigenvalue weighted by Crippen LogP contribution is -2.50. The second-order valence-corrected chi connectivity index (χ2v) is 8.41. The number of primary amides is 1. The van der Waals surface area contributed by atoms with E-state index in [0.717, 1.165) is 5.56 Å². The van der Waals surface area contributed by atoms with Crippen LogP contribution in [0.1, 0.15) is 44.6 Å². The van der Waals surface area contributed by atoms with Gasteiger partial charge in [0.1, 0.15) is 0 Å². The molecule has 0 aromatic heterocycles. The van der Waals surface area contributed by atoms with E-state index < -0.39 is 32.8 Å². The number of hydrogen-bond donors (Lipinski definition) is 1. The Morgan fingerprint density at radius 2 is 1.95 bits per heavy atom. The Morgan fingerprint density at radius 1 is 1.36 bits per heavy atom. The predicted molar refractivity (Wildman–Crippen MR) is 85.1 cm³/mol. The van der Waals surface area contributed by atoms with Crippen molar-refractivity contribution in [1.29, 1.82) is 0 Å². The molecule has 1 fully saturated rings. The van der Waals surface area contributed by atoms with Gasteiger partial charge in [-0.15, -0.1) is 0 Å². The summed E-state index contributed by atoms with van der Waals surface area (Å²) in [5.74, 6) is -1.13. The molecule has 1 aromatic rings. The number of amides is 1. The first-order valence-electron chi connectivity index (χ1n) is 7.19. The fraction of sp³-hybridized carbons (Fsp3) is 0.533. The van der Waals surface area contributed by atoms with Crippen molar-refractivity contribution in [3.05, 3.63) is 34.9 Å². The Labute approximate surface area is 135 Å². The van der Waals surface area contributed by atoms with Crippen LogP contribution in [0.4, 0.5) is 0 Å². The summed E-state index contributed by atoms with van der Waals surface area (Å²) in [7, 11) is -3.86. The van der Waals surface area contributed by atoms with Crippen molar-refractivity contribution in [3.8, 4) is 0 Å². The van der Waals surface area contributed by atoms with Gasteiger partial charge < -0.3 is 5.73 Å². The number of halogens is 1. The van der Waals surface area contributed by atoms with Gasteiger partial charge in [0.25, 0.3) is 16.0 Å². The van der Waals surface area contributed by atoms with E-state index in [2.05, 4.69) is 0 Å². The molecule has 2 atom stereocenters. The molecule has 0 aliphatic heterocycles. The Kier molecular flexibility index (Phi) is 4.84. The van der Waals surface area contributed by atoms with Crippen molar-refractivity contribution in [2.45, 2.75) is 49.9 Å². The highest BCUT2D eigenvalue weighted by Gasteiger charge is 2.53. The molecule has 122 valence electrons. The van der Waals surface area contributed by atoms with Gasteiger partial charge in [0.15, 0.2) is 5.60 Å². The second-order valence-electron chi connectivity index (χ2n) is 5.87. The molecule has 1 aliphatic carbocycles. The first-order valence-corrected chi connectivity index (χ1v) is 9.04. The summed E-state index contributed by atoms with van der Waals surface area (Å²) in [5.41, 5.74) is 4.83. The topological polar surface area (TPSA) is 86.5 Å². The van der Waals surface area contributed by atoms with Gasteiger partial charge in [-0.3, -0.25) is 8.98 Å². The van der Waals surface area contributed by atoms with Crippen LogP contribution in [0.15, 0.2) is 24.3 Å². The highest BCUT2D eigenvalue weighted by Crippen LogP contribution is 2.46. The Bertz CT molecular complexity index is 657. The molecule has 22 heavy (non-hydrogen) atoms. The molecule has 1 aromatic carbocycles. The minimum absolute atomic E-state index is 0.293. The van der Waals surface area contributed by atoms with Gasteiger partial charge in [-0.25, -0.2) is 0 Å². The van der Waals surface area contributed by atoms with Crippen LogP contribution >= 0.6 is 11.6 Å². The van der Waals surface area contributed by atoms with E-state index in [1.807, 2.05) is 0 Å². The smallest absolute Gasteiger partial charge is 0.270 e. The van der Waals surface area contributed by atoms with Crippen LogP contribution in [-0.4, -0.2) is 25.2 Å². The van der Waals surface area contributed by atoms with Crippen LogP contribution in [0, 0.1) is 0 Å². The van der Waals surface area contributed by atoms with Crippen molar-refractivity contribution in [3.63, 3.8) is 0 Å². The Morgan fingerprint density at radius 3 is 2.45 bits per heavy atom. The minimum atomic E-state index is -3.86. The van der Waals surface area contributed by atoms with Crippen molar-refractivity contribution in [2.75, 3.05) is 0 Å². The van der Waals surface area contributed by atoms with Crippen molar-refractivity contribution in [2.24, 2.45) is 5.73 Å². The zero-order valence-corrected chi connectivity index (χ0v) is 14.2. The number of carbonyl (C=O) groups excluding carboxylic acids is 1. The summed E-state index contributed by atoms with van der Waals surface area (Å²) in [6.07, 6.45) is 1.60. The molecular weight excluding hydrogens is 326 g/mol. The van der Waals surface area contributed by atoms with Crippen LogP contribution in [0.25, 0.3) is 0 Å². The third-order valence-corrected chi connectivity index (χ3v) is 6.07. The van der Waals surface area contributed by atoms with Gasteiger partial charge in [-0.05, 0) is 50.8 Å². The number of nitrogens with two attached hydrogens (primary N) is 1. The third kappa shape index (κ3) is 3.14. The molecule has 0 spiro atoms. The molecule has 0 saturated heterocycles. The molecule has 0 radical (unpaired) electrons. The standard InChI is InChI=1S/C15H20ClNO4S/c1-10(2)22(19,20)21-15(14(17)18)9-3-4-13(15)11-5-7-12(16)8-6-11/h5-8,10,13H,3-4,9H2,1-2H3,(H2,17,18). The van der Waals surface area contributed by atoms with Crippen LogP contribution < -0.4 is 5.73 Å². The number of hydrogen-bond acceptors (Lipinski definition) is 4. The highest BCUT2D eigenvalue weighted by atomic mass is 35.5. The largest absolute Gasteiger partial charge is 0.367 e. The summed E-state index contributed by atoms with van der Waals surface area (Å²) in [6, 6.07) is 6.97. The average molecular weight is 346 g/mol. The average Bonchev–Trinajstić information content (AvgIpc) is 2.84. The lowest BCUT2D eigenvalue weighted by molar-refractivity contribution is -0.134. The van der Waals surface area contributed by atoms with Gasteiger partial charge in [-0.1, -0.05) is 23.7 Å². The molecule has 1 aliphatic rings. The normalized spacial score (nSPS) is 25.5. The van der Waals surface area contributed by atoms with Gasteiger partial charge in [0.05, 0.1) is 5.25 Å². The lowest BCUT2D eigenvalue weighted by Gasteiger charge is -2.32. The molecule has 2 rings (SSSR count). The highest BCUT2D eigenvalue weighted by molar-refractivity contribution is 7.87. The zero-order valence-electron chi connectivity index (χ0n) is 12.6. The molecule has 0 bridgehead atoms. The summed E-state index contributed by atoms with van der Waals surface area (Å²) in [6.45, 7) is 3.02. The molecule has 1 saturated carbocycles. The minimum Gasteiger partial charge on any atom is -0.367 e. The van der Waals surface area contributed by atoms with Gasteiger partial charge in [-0.2, -0.15) is 8.42 Å². The molecule has 2 unspecified atom stereocenters. The summed E-state index contributed by atoms with van der Waals surface area (Å²) in [5, 5.41) is -0.169. The molecule has 7 heteroatoms. The maximum absolute atomic E-state index is 12.2. The molecule has 1 amide bonds. The third-order valence-electron chi connectivity index (χ3n) is 4.14. The maximum Gasteiger partial charge on any atom is 0.270 e. The van der Waals surface area contributed by atoms with Crippen LogP contribution in [-0.2, 0) is 19.1 Å². The number of carbonyl (C=O) groups is 1. The Hall–Kier alpha value is -1.11. The fourth-order valence-corrected chi connectivity index (χ4v) is 3.86. The predicted octanol–water partition coefficient (Wildman–Crippen LogP) is 2.59. The maximum atomic E-state index is 12.2. The number of benzene rings is 1. The first-order chi connectivity index (χ1) is 10.2. The molecular formula is C15H20ClNO4S. The summed E-state index contributed by atoms with van der Waals surface area (Å²) < 4.78 is 29.7. The summed E-state index contributed by atoms with van der Waals surface area (Å²) >= 11 is 5.88. The SMILES string of the molecule is CC(C)S(=O)(=O)OC1(C(N)=O)CCCC1c1ccc(Cl)cc1. The monoisotopic (exact) mass is 345 g/mol. The van der Waals surface area contributed by atoms with Crippen molar-refractivity contribution >= 4 is 27.6 Å². The van der Waals surface area contributed by atoms with Crippen LogP contribution in [0.3, 0.4) is 0 Å². The zero-order chi connectivity index (χ0) is 16.5. The van der Waals surface area contributed by atoms with E-state index in [0.29, 0.717) is 24.3 Å². The van der Waals surface area contributed by atoms with Gasteiger partial charge >= 0.3 is 0 Å². The quantitative estimate of drug-likeness (QED) is 0.831. The second kappa shape index (κ2) is 6.18. The molecule has 0 heterocycles. The number of rotatable bonds is 5. The van der Waals surface area contributed by atoms with E-state index >= 15 is 0 Å². The van der Waals surface area contributed by atoms with E-state index in [1.54, 1.807) is 24.3 Å². The van der Waals surface area contributed by atoms with Crippen molar-refractivity contribution in [1.82, 2.24) is 0 Å². The van der Waals surface area contributed by atoms with Gasteiger partial charge in [0, 0.05) is 10.9 Å². The van der Waals surface area contributed by atoms with E-state index in [9.17, 15) is 13.2 Å². The fourth-order valence-electron chi connectivity index (χ4n) is 2.85. The van der Waals surface area contributed by atoms with E-state index in [4.69, 9.17) is 21.5 Å². The van der Waals surface area contributed by atoms with E-state index in [1.165, 1.54) is 13.8 Å². The lowest BCUT2D eigenvalue weighted by atomic mass is 9.84. The van der Waals surface area contributed by atoms with Gasteiger partial charge in [0.2, 0.25) is 0 Å². The molecule has 5 nitrogen and oxygen atoms in total. The Balaban J connectivity index is 2.45.